The van der Waals surface area contributed by atoms with Gasteiger partial charge < -0.3 is 15.0 Å². The van der Waals surface area contributed by atoms with Crippen LogP contribution in [-0.4, -0.2) is 50.1 Å². The minimum atomic E-state index is -0.200. The van der Waals surface area contributed by atoms with Crippen LogP contribution in [0.4, 0.5) is 11.4 Å². The maximum absolute atomic E-state index is 12.5. The van der Waals surface area contributed by atoms with E-state index < -0.39 is 0 Å². The van der Waals surface area contributed by atoms with Crippen LogP contribution in [-0.2, 0) is 4.79 Å². The molecule has 1 saturated heterocycles. The summed E-state index contributed by atoms with van der Waals surface area (Å²) in [6.07, 6.45) is 0. The van der Waals surface area contributed by atoms with Gasteiger partial charge in [0.15, 0.2) is 0 Å². The molecule has 0 aromatic heterocycles. The molecule has 6 heteroatoms. The first-order valence-corrected chi connectivity index (χ1v) is 9.14. The van der Waals surface area contributed by atoms with Crippen LogP contribution in [0.2, 0.25) is 5.02 Å². The predicted octanol–water partition coefficient (Wildman–Crippen LogP) is 3.50. The van der Waals surface area contributed by atoms with E-state index in [0.29, 0.717) is 5.02 Å². The normalized spacial score (nSPS) is 16.2. The molecule has 1 amide bonds. The highest BCUT2D eigenvalue weighted by molar-refractivity contribution is 6.30. The lowest BCUT2D eigenvalue weighted by Gasteiger charge is -2.38. The molecule has 0 bridgehead atoms. The Balaban J connectivity index is 1.58. The topological polar surface area (TPSA) is 44.8 Å². The summed E-state index contributed by atoms with van der Waals surface area (Å²) in [5.41, 5.74) is 1.83. The van der Waals surface area contributed by atoms with Gasteiger partial charge in [0.05, 0.1) is 18.8 Å². The minimum Gasteiger partial charge on any atom is -0.495 e. The van der Waals surface area contributed by atoms with E-state index in [9.17, 15) is 4.79 Å². The molecule has 1 N–H and O–H groups in total. The fourth-order valence-electron chi connectivity index (χ4n) is 3.22. The molecule has 2 aromatic carbocycles. The molecule has 0 saturated carbocycles. The van der Waals surface area contributed by atoms with Gasteiger partial charge in [-0.1, -0.05) is 29.8 Å². The standard InChI is InChI=1S/C20H24ClN3O2/c1-15(20(25)22-17-7-5-6-16(21)14-17)23-10-12-24(13-11-23)18-8-3-4-9-19(18)26-2/h3-9,14-15H,10-13H2,1-2H3,(H,22,25). The molecule has 1 unspecified atom stereocenters. The SMILES string of the molecule is COc1ccccc1N1CCN(C(C)C(=O)Nc2cccc(Cl)c2)CC1. The Labute approximate surface area is 159 Å². The number of hydrogen-bond acceptors (Lipinski definition) is 4. The number of amides is 1. The van der Waals surface area contributed by atoms with Crippen molar-refractivity contribution in [2.24, 2.45) is 0 Å². The Kier molecular flexibility index (Phi) is 6.01. The second-order valence-electron chi connectivity index (χ2n) is 6.37. The quantitative estimate of drug-likeness (QED) is 0.871. The van der Waals surface area contributed by atoms with Gasteiger partial charge in [-0.05, 0) is 37.3 Å². The van der Waals surface area contributed by atoms with Gasteiger partial charge in [0, 0.05) is 36.9 Å². The molecular formula is C20H24ClN3O2. The third-order valence-electron chi connectivity index (χ3n) is 4.76. The van der Waals surface area contributed by atoms with E-state index >= 15 is 0 Å². The summed E-state index contributed by atoms with van der Waals surface area (Å²) in [5.74, 6) is 0.866. The molecule has 5 nitrogen and oxygen atoms in total. The number of methoxy groups -OCH3 is 1. The third kappa shape index (κ3) is 4.29. The third-order valence-corrected chi connectivity index (χ3v) is 4.99. The van der Waals surface area contributed by atoms with Gasteiger partial charge in [0.25, 0.3) is 0 Å². The molecule has 0 radical (unpaired) electrons. The Morgan fingerprint density at radius 3 is 2.54 bits per heavy atom. The molecule has 1 heterocycles. The zero-order chi connectivity index (χ0) is 18.5. The van der Waals surface area contributed by atoms with Crippen molar-refractivity contribution in [2.45, 2.75) is 13.0 Å². The Morgan fingerprint density at radius 2 is 1.85 bits per heavy atom. The van der Waals surface area contributed by atoms with Gasteiger partial charge in [0.2, 0.25) is 5.91 Å². The smallest absolute Gasteiger partial charge is 0.241 e. The monoisotopic (exact) mass is 373 g/mol. The number of benzene rings is 2. The van der Waals surface area contributed by atoms with Gasteiger partial charge in [0.1, 0.15) is 5.75 Å². The largest absolute Gasteiger partial charge is 0.495 e. The van der Waals surface area contributed by atoms with Crippen molar-refractivity contribution in [1.29, 1.82) is 0 Å². The predicted molar refractivity (Wildman–Crippen MR) is 106 cm³/mol. The maximum atomic E-state index is 12.5. The van der Waals surface area contributed by atoms with Crippen LogP contribution in [0.25, 0.3) is 0 Å². The number of carbonyl (C=O) groups is 1. The van der Waals surface area contributed by atoms with Gasteiger partial charge in [-0.3, -0.25) is 9.69 Å². The number of hydrogen-bond donors (Lipinski definition) is 1. The van der Waals surface area contributed by atoms with Crippen LogP contribution in [0.1, 0.15) is 6.92 Å². The molecule has 138 valence electrons. The number of rotatable bonds is 5. The Morgan fingerprint density at radius 1 is 1.12 bits per heavy atom. The van der Waals surface area contributed by atoms with Gasteiger partial charge in [-0.2, -0.15) is 0 Å². The fourth-order valence-corrected chi connectivity index (χ4v) is 3.41. The summed E-state index contributed by atoms with van der Waals surface area (Å²) >= 11 is 5.98. The number of nitrogens with one attached hydrogen (secondary N) is 1. The van der Waals surface area contributed by atoms with Crippen LogP contribution in [0, 0.1) is 0 Å². The summed E-state index contributed by atoms with van der Waals surface area (Å²) < 4.78 is 5.46. The van der Waals surface area contributed by atoms with E-state index in [1.165, 1.54) is 0 Å². The average Bonchev–Trinajstić information content (AvgIpc) is 2.67. The molecule has 0 aliphatic carbocycles. The highest BCUT2D eigenvalue weighted by atomic mass is 35.5. The summed E-state index contributed by atoms with van der Waals surface area (Å²) in [6.45, 7) is 5.30. The van der Waals surface area contributed by atoms with Crippen molar-refractivity contribution in [1.82, 2.24) is 4.90 Å². The number of carbonyl (C=O) groups excluding carboxylic acids is 1. The van der Waals surface area contributed by atoms with E-state index in [1.807, 2.05) is 37.3 Å². The second kappa shape index (κ2) is 8.43. The van der Waals surface area contributed by atoms with Gasteiger partial charge in [-0.15, -0.1) is 0 Å². The van der Waals surface area contributed by atoms with Crippen molar-refractivity contribution < 1.29 is 9.53 Å². The van der Waals surface area contributed by atoms with E-state index in [4.69, 9.17) is 16.3 Å². The Bertz CT molecular complexity index is 760. The minimum absolute atomic E-state index is 0.0157. The highest BCUT2D eigenvalue weighted by Gasteiger charge is 2.26. The number of ether oxygens (including phenoxy) is 1. The van der Waals surface area contributed by atoms with Crippen LogP contribution < -0.4 is 15.0 Å². The molecule has 26 heavy (non-hydrogen) atoms. The van der Waals surface area contributed by atoms with Crippen LogP contribution in [0.3, 0.4) is 0 Å². The summed E-state index contributed by atoms with van der Waals surface area (Å²) in [6, 6.07) is 15.1. The molecule has 1 aliphatic heterocycles. The van der Waals surface area contributed by atoms with Crippen molar-refractivity contribution in [3.8, 4) is 5.75 Å². The summed E-state index contributed by atoms with van der Waals surface area (Å²) in [7, 11) is 1.69. The lowest BCUT2D eigenvalue weighted by atomic mass is 10.2. The molecule has 1 fully saturated rings. The Hall–Kier alpha value is -2.24. The zero-order valence-corrected chi connectivity index (χ0v) is 15.9. The first kappa shape index (κ1) is 18.5. The van der Waals surface area contributed by atoms with E-state index in [2.05, 4.69) is 21.2 Å². The lowest BCUT2D eigenvalue weighted by Crippen LogP contribution is -2.52. The number of nitrogens with zero attached hydrogens (tertiary/aromatic N) is 2. The molecule has 1 atom stereocenters. The van der Waals surface area contributed by atoms with Gasteiger partial charge in [-0.25, -0.2) is 0 Å². The second-order valence-corrected chi connectivity index (χ2v) is 6.81. The fraction of sp³-hybridized carbons (Fsp3) is 0.350. The highest BCUT2D eigenvalue weighted by Crippen LogP contribution is 2.28. The molecule has 0 spiro atoms. The van der Waals surface area contributed by atoms with Crippen molar-refractivity contribution >= 4 is 28.9 Å². The molecule has 3 rings (SSSR count). The molecular weight excluding hydrogens is 350 g/mol. The summed E-state index contributed by atoms with van der Waals surface area (Å²) in [5, 5.41) is 3.55. The van der Waals surface area contributed by atoms with Crippen molar-refractivity contribution in [2.75, 3.05) is 43.5 Å². The lowest BCUT2D eigenvalue weighted by molar-refractivity contribution is -0.120. The number of halogens is 1. The van der Waals surface area contributed by atoms with E-state index in [0.717, 1.165) is 43.3 Å². The zero-order valence-electron chi connectivity index (χ0n) is 15.1. The number of para-hydroxylation sites is 2. The first-order chi connectivity index (χ1) is 12.6. The maximum Gasteiger partial charge on any atom is 0.241 e. The van der Waals surface area contributed by atoms with E-state index in [-0.39, 0.29) is 11.9 Å². The van der Waals surface area contributed by atoms with Gasteiger partial charge >= 0.3 is 0 Å². The van der Waals surface area contributed by atoms with Crippen LogP contribution >= 0.6 is 11.6 Å². The van der Waals surface area contributed by atoms with E-state index in [1.54, 1.807) is 19.2 Å². The molecule has 2 aromatic rings. The average molecular weight is 374 g/mol. The summed E-state index contributed by atoms with van der Waals surface area (Å²) in [4.78, 5) is 17.0. The van der Waals surface area contributed by atoms with Crippen molar-refractivity contribution in [3.63, 3.8) is 0 Å². The van der Waals surface area contributed by atoms with Crippen LogP contribution in [0.15, 0.2) is 48.5 Å². The number of anilines is 2. The van der Waals surface area contributed by atoms with Crippen molar-refractivity contribution in [3.05, 3.63) is 53.6 Å². The molecule has 1 aliphatic rings. The van der Waals surface area contributed by atoms with Crippen LogP contribution in [0.5, 0.6) is 5.75 Å². The number of piperazine rings is 1. The first-order valence-electron chi connectivity index (χ1n) is 8.77.